The standard InChI is InChI=1S/C23H26Br2N2O7S/c1-4-32-23(28)15(2)34-26-14-16-11-18(24)22(19(25)12-16)33-17-7-8-20(31-3)21(13-17)35(29,30)27-9-5-6-10-27/h7-8,11-15H,4-6,9-10H2,1-3H3/b26-14+. The molecule has 1 aliphatic heterocycles. The lowest BCUT2D eigenvalue weighted by Crippen LogP contribution is -2.28. The number of carbonyl (C=O) groups excluding carboxylic acids is 1. The van der Waals surface area contributed by atoms with Gasteiger partial charge in [-0.2, -0.15) is 4.31 Å². The maximum absolute atomic E-state index is 13.1. The summed E-state index contributed by atoms with van der Waals surface area (Å²) in [6.45, 7) is 4.49. The number of ether oxygens (including phenoxy) is 3. The first-order valence-electron chi connectivity index (χ1n) is 10.9. The highest BCUT2D eigenvalue weighted by Gasteiger charge is 2.30. The summed E-state index contributed by atoms with van der Waals surface area (Å²) in [5.74, 6) is 0.531. The van der Waals surface area contributed by atoms with Crippen LogP contribution >= 0.6 is 31.9 Å². The van der Waals surface area contributed by atoms with Crippen LogP contribution in [0.1, 0.15) is 32.3 Å². The van der Waals surface area contributed by atoms with Gasteiger partial charge < -0.3 is 19.0 Å². The molecule has 1 aliphatic rings. The Hall–Kier alpha value is -2.15. The molecule has 1 saturated heterocycles. The summed E-state index contributed by atoms with van der Waals surface area (Å²) in [5, 5.41) is 3.84. The Morgan fingerprint density at radius 2 is 1.83 bits per heavy atom. The number of methoxy groups -OCH3 is 1. The maximum Gasteiger partial charge on any atom is 0.349 e. The molecule has 0 bridgehead atoms. The lowest BCUT2D eigenvalue weighted by atomic mass is 10.2. The zero-order valence-corrected chi connectivity index (χ0v) is 23.5. The number of hydrogen-bond donors (Lipinski definition) is 0. The van der Waals surface area contributed by atoms with Crippen molar-refractivity contribution in [2.45, 2.75) is 37.7 Å². The van der Waals surface area contributed by atoms with Gasteiger partial charge in [-0.1, -0.05) is 5.16 Å². The van der Waals surface area contributed by atoms with Crippen LogP contribution in [0, 0.1) is 0 Å². The number of benzene rings is 2. The third-order valence-corrected chi connectivity index (χ3v) is 8.20. The predicted octanol–water partition coefficient (Wildman–Crippen LogP) is 5.10. The van der Waals surface area contributed by atoms with Crippen molar-refractivity contribution in [1.82, 2.24) is 4.31 Å². The van der Waals surface area contributed by atoms with Crippen molar-refractivity contribution in [2.24, 2.45) is 5.16 Å². The minimum absolute atomic E-state index is 0.0586. The van der Waals surface area contributed by atoms with Gasteiger partial charge in [0.25, 0.3) is 0 Å². The molecule has 2 aromatic rings. The fraction of sp³-hybridized carbons (Fsp3) is 0.391. The number of sulfonamides is 1. The Morgan fingerprint density at radius 1 is 1.17 bits per heavy atom. The van der Waals surface area contributed by atoms with Gasteiger partial charge in [0, 0.05) is 19.2 Å². The fourth-order valence-corrected chi connectivity index (χ4v) is 6.42. The molecule has 12 heteroatoms. The summed E-state index contributed by atoms with van der Waals surface area (Å²) in [5.41, 5.74) is 0.666. The lowest BCUT2D eigenvalue weighted by Gasteiger charge is -2.19. The first-order chi connectivity index (χ1) is 16.7. The minimum Gasteiger partial charge on any atom is -0.495 e. The number of carbonyl (C=O) groups is 1. The second-order valence-corrected chi connectivity index (χ2v) is 11.2. The summed E-state index contributed by atoms with van der Waals surface area (Å²) >= 11 is 6.95. The molecule has 1 atom stereocenters. The summed E-state index contributed by atoms with van der Waals surface area (Å²) in [4.78, 5) is 16.8. The van der Waals surface area contributed by atoms with Gasteiger partial charge in [-0.15, -0.1) is 0 Å². The zero-order chi connectivity index (χ0) is 25.6. The molecule has 0 aromatic heterocycles. The highest BCUT2D eigenvalue weighted by molar-refractivity contribution is 9.11. The second kappa shape index (κ2) is 12.2. The number of esters is 1. The van der Waals surface area contributed by atoms with Crippen LogP contribution < -0.4 is 9.47 Å². The van der Waals surface area contributed by atoms with Crippen LogP contribution in [-0.4, -0.2) is 57.8 Å². The van der Waals surface area contributed by atoms with E-state index in [1.807, 2.05) is 0 Å². The number of rotatable bonds is 10. The monoisotopic (exact) mass is 632 g/mol. The van der Waals surface area contributed by atoms with Crippen molar-refractivity contribution in [2.75, 3.05) is 26.8 Å². The Morgan fingerprint density at radius 3 is 2.43 bits per heavy atom. The molecule has 0 N–H and O–H groups in total. The fourth-order valence-electron chi connectivity index (χ4n) is 3.34. The molecule has 1 unspecified atom stereocenters. The van der Waals surface area contributed by atoms with Crippen LogP contribution in [0.2, 0.25) is 0 Å². The Bertz CT molecular complexity index is 1180. The molecule has 1 heterocycles. The molecule has 2 aromatic carbocycles. The number of halogens is 2. The summed E-state index contributed by atoms with van der Waals surface area (Å²) < 4.78 is 45.1. The smallest absolute Gasteiger partial charge is 0.349 e. The van der Waals surface area contributed by atoms with Gasteiger partial charge in [-0.05, 0) is 88.4 Å². The van der Waals surface area contributed by atoms with E-state index >= 15 is 0 Å². The van der Waals surface area contributed by atoms with E-state index in [0.29, 0.717) is 39.1 Å². The van der Waals surface area contributed by atoms with E-state index in [-0.39, 0.29) is 17.3 Å². The molecule has 3 rings (SSSR count). The van der Waals surface area contributed by atoms with Crippen molar-refractivity contribution < 1.29 is 32.3 Å². The molecular weight excluding hydrogens is 608 g/mol. The highest BCUT2D eigenvalue weighted by atomic mass is 79.9. The lowest BCUT2D eigenvalue weighted by molar-refractivity contribution is -0.155. The van der Waals surface area contributed by atoms with E-state index in [0.717, 1.165) is 12.8 Å². The molecule has 0 radical (unpaired) electrons. The molecule has 0 spiro atoms. The van der Waals surface area contributed by atoms with Gasteiger partial charge in [0.2, 0.25) is 16.1 Å². The van der Waals surface area contributed by atoms with Crippen LogP contribution in [0.4, 0.5) is 0 Å². The van der Waals surface area contributed by atoms with E-state index in [1.165, 1.54) is 23.7 Å². The summed E-state index contributed by atoms with van der Waals surface area (Å²) in [6, 6.07) is 8.16. The first kappa shape index (κ1) is 27.4. The van der Waals surface area contributed by atoms with Gasteiger partial charge in [0.15, 0.2) is 5.75 Å². The largest absolute Gasteiger partial charge is 0.495 e. The summed E-state index contributed by atoms with van der Waals surface area (Å²) in [6.07, 6.45) is 2.28. The SMILES string of the molecule is CCOC(=O)C(C)O/N=C/c1cc(Br)c(Oc2ccc(OC)c(S(=O)(=O)N3CCCC3)c2)c(Br)c1. The van der Waals surface area contributed by atoms with Crippen molar-refractivity contribution in [3.8, 4) is 17.2 Å². The Labute approximate surface area is 221 Å². The zero-order valence-electron chi connectivity index (χ0n) is 19.5. The van der Waals surface area contributed by atoms with Crippen LogP contribution in [0.3, 0.4) is 0 Å². The Balaban J connectivity index is 1.80. The number of hydrogen-bond acceptors (Lipinski definition) is 8. The van der Waals surface area contributed by atoms with Crippen LogP contribution in [0.5, 0.6) is 17.2 Å². The highest BCUT2D eigenvalue weighted by Crippen LogP contribution is 2.40. The molecule has 0 aliphatic carbocycles. The van der Waals surface area contributed by atoms with Crippen LogP contribution in [-0.2, 0) is 24.4 Å². The maximum atomic E-state index is 13.1. The van der Waals surface area contributed by atoms with Crippen LogP contribution in [0.25, 0.3) is 0 Å². The van der Waals surface area contributed by atoms with E-state index in [4.69, 9.17) is 19.0 Å². The molecule has 0 amide bonds. The molecule has 35 heavy (non-hydrogen) atoms. The van der Waals surface area contributed by atoms with Gasteiger partial charge in [-0.3, -0.25) is 0 Å². The van der Waals surface area contributed by atoms with Crippen molar-refractivity contribution in [1.29, 1.82) is 0 Å². The van der Waals surface area contributed by atoms with Crippen molar-refractivity contribution >= 4 is 54.1 Å². The van der Waals surface area contributed by atoms with E-state index in [1.54, 1.807) is 38.1 Å². The average molecular weight is 634 g/mol. The average Bonchev–Trinajstić information content (AvgIpc) is 3.37. The first-order valence-corrected chi connectivity index (χ1v) is 13.9. The van der Waals surface area contributed by atoms with Crippen molar-refractivity contribution in [3.63, 3.8) is 0 Å². The minimum atomic E-state index is -3.71. The number of nitrogens with zero attached hydrogens (tertiary/aromatic N) is 2. The van der Waals surface area contributed by atoms with Crippen molar-refractivity contribution in [3.05, 3.63) is 44.8 Å². The van der Waals surface area contributed by atoms with Gasteiger partial charge in [0.1, 0.15) is 16.4 Å². The van der Waals surface area contributed by atoms with Gasteiger partial charge >= 0.3 is 5.97 Å². The quantitative estimate of drug-likeness (QED) is 0.204. The number of oxime groups is 1. The molecule has 9 nitrogen and oxygen atoms in total. The molecule has 0 saturated carbocycles. The third kappa shape index (κ3) is 6.75. The van der Waals surface area contributed by atoms with Gasteiger partial charge in [-0.25, -0.2) is 13.2 Å². The Kier molecular flexibility index (Phi) is 9.56. The van der Waals surface area contributed by atoms with E-state index in [9.17, 15) is 13.2 Å². The predicted molar refractivity (Wildman–Crippen MR) is 138 cm³/mol. The van der Waals surface area contributed by atoms with Crippen LogP contribution in [0.15, 0.2) is 49.3 Å². The van der Waals surface area contributed by atoms with Gasteiger partial charge in [0.05, 0.1) is 28.9 Å². The topological polar surface area (TPSA) is 104 Å². The normalized spacial score (nSPS) is 15.2. The molecular formula is C23H26Br2N2O7S. The molecule has 1 fully saturated rings. The van der Waals surface area contributed by atoms with E-state index < -0.39 is 22.1 Å². The summed E-state index contributed by atoms with van der Waals surface area (Å²) in [7, 11) is -2.28. The second-order valence-electron chi connectivity index (χ2n) is 7.57. The third-order valence-electron chi connectivity index (χ3n) is 5.10. The molecule has 190 valence electrons. The van der Waals surface area contributed by atoms with E-state index in [2.05, 4.69) is 37.0 Å².